The minimum absolute atomic E-state index is 0.291. The lowest BCUT2D eigenvalue weighted by molar-refractivity contribution is 0.625. The van der Waals surface area contributed by atoms with Crippen molar-refractivity contribution in [2.24, 2.45) is 5.73 Å². The van der Waals surface area contributed by atoms with Crippen molar-refractivity contribution in [2.75, 3.05) is 6.54 Å². The molecule has 4 rings (SSSR count). The van der Waals surface area contributed by atoms with E-state index in [2.05, 4.69) is 33.1 Å². The maximum atomic E-state index is 6.03. The van der Waals surface area contributed by atoms with Gasteiger partial charge in [0.25, 0.3) is 0 Å². The molecular weight excluding hydrogens is 300 g/mol. The lowest BCUT2D eigenvalue weighted by Gasteiger charge is -2.15. The normalized spacial score (nSPS) is 19.9. The van der Waals surface area contributed by atoms with Gasteiger partial charge in [0.15, 0.2) is 5.16 Å². The van der Waals surface area contributed by atoms with Crippen LogP contribution < -0.4 is 5.73 Å². The molecule has 0 saturated heterocycles. The van der Waals surface area contributed by atoms with Crippen LogP contribution >= 0.6 is 23.1 Å². The molecule has 0 aliphatic heterocycles. The Morgan fingerprint density at radius 1 is 1.38 bits per heavy atom. The number of hydrogen-bond acceptors (Lipinski definition) is 5. The van der Waals surface area contributed by atoms with Crippen LogP contribution in [0.3, 0.4) is 0 Å². The Balaban J connectivity index is 1.62. The molecule has 2 aliphatic rings. The molecule has 1 unspecified atom stereocenters. The molecule has 6 heteroatoms. The monoisotopic (exact) mass is 320 g/mol. The molecule has 4 nitrogen and oxygen atoms in total. The van der Waals surface area contributed by atoms with Gasteiger partial charge < -0.3 is 10.3 Å². The van der Waals surface area contributed by atoms with Gasteiger partial charge in [-0.1, -0.05) is 11.8 Å². The molecule has 2 saturated carbocycles. The van der Waals surface area contributed by atoms with Crippen molar-refractivity contribution >= 4 is 23.1 Å². The third-order valence-corrected chi connectivity index (χ3v) is 6.68. The van der Waals surface area contributed by atoms with Crippen molar-refractivity contribution < 1.29 is 0 Å². The van der Waals surface area contributed by atoms with Gasteiger partial charge in [-0.2, -0.15) is 0 Å². The topological polar surface area (TPSA) is 56.7 Å². The summed E-state index contributed by atoms with van der Waals surface area (Å²) in [5.74, 6) is 1.88. The largest absolute Gasteiger partial charge is 0.329 e. The predicted octanol–water partition coefficient (Wildman–Crippen LogP) is 3.65. The zero-order valence-corrected chi connectivity index (χ0v) is 13.8. The summed E-state index contributed by atoms with van der Waals surface area (Å²) >= 11 is 3.59. The van der Waals surface area contributed by atoms with E-state index in [4.69, 9.17) is 5.73 Å². The summed E-state index contributed by atoms with van der Waals surface area (Å²) in [7, 11) is 0. The third-order valence-electron chi connectivity index (χ3n) is 4.20. The Bertz CT molecular complexity index is 640. The molecule has 2 aliphatic carbocycles. The molecule has 2 N–H and O–H groups in total. The summed E-state index contributed by atoms with van der Waals surface area (Å²) in [6, 6.07) is 2.81. The van der Waals surface area contributed by atoms with E-state index >= 15 is 0 Å². The SMILES string of the molecule is Cc1ccsc1C(CN)Sc1nnc(C2CC2)n1C1CC1. The van der Waals surface area contributed by atoms with Crippen LogP contribution in [0, 0.1) is 6.92 Å². The Morgan fingerprint density at radius 2 is 2.19 bits per heavy atom. The van der Waals surface area contributed by atoms with Gasteiger partial charge in [-0.15, -0.1) is 21.5 Å². The second kappa shape index (κ2) is 5.41. The van der Waals surface area contributed by atoms with Gasteiger partial charge in [0.1, 0.15) is 5.82 Å². The number of thioether (sulfide) groups is 1. The Kier molecular flexibility index (Phi) is 3.55. The lowest BCUT2D eigenvalue weighted by Crippen LogP contribution is -2.11. The number of aromatic nitrogens is 3. The van der Waals surface area contributed by atoms with Gasteiger partial charge in [0.05, 0.1) is 5.25 Å². The van der Waals surface area contributed by atoms with Gasteiger partial charge in [-0.05, 0) is 49.6 Å². The van der Waals surface area contributed by atoms with Crippen LogP contribution in [0.2, 0.25) is 0 Å². The molecule has 0 amide bonds. The molecule has 2 aromatic rings. The second-order valence-corrected chi connectivity index (χ2v) is 8.14. The molecule has 21 heavy (non-hydrogen) atoms. The Morgan fingerprint density at radius 3 is 2.76 bits per heavy atom. The van der Waals surface area contributed by atoms with Crippen molar-refractivity contribution in [3.05, 3.63) is 27.7 Å². The molecule has 0 bridgehead atoms. The van der Waals surface area contributed by atoms with Gasteiger partial charge >= 0.3 is 0 Å². The molecule has 112 valence electrons. The van der Waals surface area contributed by atoms with Gasteiger partial charge in [-0.25, -0.2) is 0 Å². The fraction of sp³-hybridized carbons (Fsp3) is 0.600. The van der Waals surface area contributed by atoms with Gasteiger partial charge in [0, 0.05) is 23.4 Å². The summed E-state index contributed by atoms with van der Waals surface area (Å²) in [6.45, 7) is 2.80. The van der Waals surface area contributed by atoms with Crippen molar-refractivity contribution in [2.45, 2.75) is 55.0 Å². The summed E-state index contributed by atoms with van der Waals surface area (Å²) in [5, 5.41) is 12.5. The Labute approximate surface area is 133 Å². The second-order valence-electron chi connectivity index (χ2n) is 6.03. The van der Waals surface area contributed by atoms with E-state index in [0.29, 0.717) is 23.8 Å². The van der Waals surface area contributed by atoms with Gasteiger partial charge in [-0.3, -0.25) is 0 Å². The molecule has 1 atom stereocenters. The van der Waals surface area contributed by atoms with E-state index in [1.54, 1.807) is 23.1 Å². The predicted molar refractivity (Wildman–Crippen MR) is 87.0 cm³/mol. The van der Waals surface area contributed by atoms with Crippen LogP contribution in [0.4, 0.5) is 0 Å². The first-order chi connectivity index (χ1) is 10.3. The van der Waals surface area contributed by atoms with Crippen LogP contribution in [0.5, 0.6) is 0 Å². The summed E-state index contributed by atoms with van der Waals surface area (Å²) < 4.78 is 2.41. The highest BCUT2D eigenvalue weighted by Gasteiger charge is 2.37. The molecule has 2 heterocycles. The van der Waals surface area contributed by atoms with E-state index in [0.717, 1.165) is 5.16 Å². The van der Waals surface area contributed by atoms with Crippen molar-refractivity contribution in [3.63, 3.8) is 0 Å². The maximum Gasteiger partial charge on any atom is 0.192 e. The number of aryl methyl sites for hydroxylation is 1. The van der Waals surface area contributed by atoms with Crippen LogP contribution in [-0.4, -0.2) is 21.3 Å². The Hall–Kier alpha value is -0.850. The minimum Gasteiger partial charge on any atom is -0.329 e. The highest BCUT2D eigenvalue weighted by molar-refractivity contribution is 7.99. The summed E-state index contributed by atoms with van der Waals surface area (Å²) in [5.41, 5.74) is 7.37. The first-order valence-electron chi connectivity index (χ1n) is 7.63. The van der Waals surface area contributed by atoms with E-state index in [-0.39, 0.29) is 0 Å². The van der Waals surface area contributed by atoms with Crippen LogP contribution in [0.1, 0.15) is 59.2 Å². The zero-order chi connectivity index (χ0) is 14.4. The number of rotatable bonds is 6. The van der Waals surface area contributed by atoms with E-state index in [1.165, 1.54) is 41.9 Å². The molecule has 0 aromatic carbocycles. The first kappa shape index (κ1) is 13.8. The van der Waals surface area contributed by atoms with Crippen molar-refractivity contribution in [1.29, 1.82) is 0 Å². The van der Waals surface area contributed by atoms with Crippen molar-refractivity contribution in [3.8, 4) is 0 Å². The lowest BCUT2D eigenvalue weighted by atomic mass is 10.2. The summed E-state index contributed by atoms with van der Waals surface area (Å²) in [6.07, 6.45) is 5.10. The van der Waals surface area contributed by atoms with Crippen LogP contribution in [-0.2, 0) is 0 Å². The molecule has 2 aromatic heterocycles. The standard InChI is InChI=1S/C15H20N4S2/c1-9-6-7-20-13(9)12(8-16)21-15-18-17-14(10-2-3-10)19(15)11-4-5-11/h6-7,10-12H,2-5,8,16H2,1H3. The third kappa shape index (κ3) is 2.64. The van der Waals surface area contributed by atoms with E-state index in [1.807, 2.05) is 0 Å². The molecule has 0 radical (unpaired) electrons. The zero-order valence-electron chi connectivity index (χ0n) is 12.2. The molecule has 0 spiro atoms. The number of hydrogen-bond donors (Lipinski definition) is 1. The minimum atomic E-state index is 0.291. The smallest absolute Gasteiger partial charge is 0.192 e. The quantitative estimate of drug-likeness (QED) is 0.825. The first-order valence-corrected chi connectivity index (χ1v) is 9.39. The highest BCUT2D eigenvalue weighted by Crippen LogP contribution is 2.48. The fourth-order valence-corrected chi connectivity index (χ4v) is 5.03. The van der Waals surface area contributed by atoms with Crippen LogP contribution in [0.25, 0.3) is 0 Å². The van der Waals surface area contributed by atoms with Crippen LogP contribution in [0.15, 0.2) is 16.6 Å². The van der Waals surface area contributed by atoms with Gasteiger partial charge in [0.2, 0.25) is 0 Å². The number of thiophene rings is 1. The summed E-state index contributed by atoms with van der Waals surface area (Å²) in [4.78, 5) is 1.38. The average Bonchev–Trinajstić information content (AvgIpc) is 3.41. The average molecular weight is 320 g/mol. The fourth-order valence-electron chi connectivity index (χ4n) is 2.71. The highest BCUT2D eigenvalue weighted by atomic mass is 32.2. The van der Waals surface area contributed by atoms with E-state index < -0.39 is 0 Å². The molecule has 2 fully saturated rings. The van der Waals surface area contributed by atoms with Crippen molar-refractivity contribution in [1.82, 2.24) is 14.8 Å². The number of nitrogens with zero attached hydrogens (tertiary/aromatic N) is 3. The van der Waals surface area contributed by atoms with E-state index in [9.17, 15) is 0 Å². The molecular formula is C15H20N4S2. The maximum absolute atomic E-state index is 6.03. The number of nitrogens with two attached hydrogens (primary N) is 1.